The molecule has 0 aromatic heterocycles. The summed E-state index contributed by atoms with van der Waals surface area (Å²) < 4.78 is 0. The minimum absolute atomic E-state index is 0.213. The third kappa shape index (κ3) is 1.54. The Morgan fingerprint density at radius 2 is 2.27 bits per heavy atom. The van der Waals surface area contributed by atoms with Crippen LogP contribution in [0.25, 0.3) is 0 Å². The number of para-hydroxylation sites is 1. The Morgan fingerprint density at radius 1 is 1.40 bits per heavy atom. The van der Waals surface area contributed by atoms with Gasteiger partial charge in [0, 0.05) is 11.4 Å². The quantitative estimate of drug-likeness (QED) is 0.759. The molecule has 0 bridgehead atoms. The van der Waals surface area contributed by atoms with Crippen molar-refractivity contribution >= 4 is 17.4 Å². The molecule has 1 aromatic rings. The van der Waals surface area contributed by atoms with Gasteiger partial charge in [0.1, 0.15) is 0 Å². The summed E-state index contributed by atoms with van der Waals surface area (Å²) in [7, 11) is 0. The van der Waals surface area contributed by atoms with Gasteiger partial charge in [-0.3, -0.25) is 0 Å². The SMILES string of the molecule is OC1(C2Cc3ccccc3N2)CCSC1. The van der Waals surface area contributed by atoms with Gasteiger partial charge in [-0.2, -0.15) is 11.8 Å². The molecule has 0 saturated carbocycles. The molecule has 1 aromatic carbocycles. The van der Waals surface area contributed by atoms with Gasteiger partial charge in [0.05, 0.1) is 11.6 Å². The molecule has 2 aliphatic rings. The highest BCUT2D eigenvalue weighted by Crippen LogP contribution is 2.37. The summed E-state index contributed by atoms with van der Waals surface area (Å²) in [5.74, 6) is 1.96. The highest BCUT2D eigenvalue weighted by molar-refractivity contribution is 7.99. The lowest BCUT2D eigenvalue weighted by atomic mass is 9.91. The molecule has 0 amide bonds. The first-order chi connectivity index (χ1) is 7.28. The van der Waals surface area contributed by atoms with Crippen LogP contribution in [0, 0.1) is 0 Å². The fraction of sp³-hybridized carbons (Fsp3) is 0.500. The van der Waals surface area contributed by atoms with E-state index < -0.39 is 5.60 Å². The minimum Gasteiger partial charge on any atom is -0.387 e. The number of fused-ring (bicyclic) bond motifs is 1. The Hall–Kier alpha value is -0.670. The second kappa shape index (κ2) is 3.42. The van der Waals surface area contributed by atoms with Crippen LogP contribution in [0.15, 0.2) is 24.3 Å². The highest BCUT2D eigenvalue weighted by atomic mass is 32.2. The van der Waals surface area contributed by atoms with E-state index in [2.05, 4.69) is 23.5 Å². The molecule has 2 aliphatic heterocycles. The van der Waals surface area contributed by atoms with E-state index in [0.717, 1.165) is 24.3 Å². The molecule has 2 N–H and O–H groups in total. The van der Waals surface area contributed by atoms with Crippen molar-refractivity contribution in [3.05, 3.63) is 29.8 Å². The summed E-state index contributed by atoms with van der Waals surface area (Å²) in [6.45, 7) is 0. The summed E-state index contributed by atoms with van der Waals surface area (Å²) in [5.41, 5.74) is 2.05. The summed E-state index contributed by atoms with van der Waals surface area (Å²) in [6.07, 6.45) is 1.89. The molecule has 3 rings (SSSR count). The molecule has 1 saturated heterocycles. The maximum absolute atomic E-state index is 10.5. The molecule has 80 valence electrons. The lowest BCUT2D eigenvalue weighted by molar-refractivity contribution is 0.0496. The lowest BCUT2D eigenvalue weighted by Gasteiger charge is -2.29. The van der Waals surface area contributed by atoms with Crippen molar-refractivity contribution in [1.82, 2.24) is 0 Å². The third-order valence-electron chi connectivity index (χ3n) is 3.45. The number of aliphatic hydroxyl groups is 1. The molecule has 0 spiro atoms. The zero-order valence-electron chi connectivity index (χ0n) is 8.57. The summed E-state index contributed by atoms with van der Waals surface area (Å²) in [6, 6.07) is 8.57. The zero-order chi connectivity index (χ0) is 10.3. The normalized spacial score (nSPS) is 33.8. The van der Waals surface area contributed by atoms with Crippen LogP contribution < -0.4 is 5.32 Å². The Balaban J connectivity index is 1.84. The first kappa shape index (κ1) is 9.55. The van der Waals surface area contributed by atoms with Gasteiger partial charge in [-0.25, -0.2) is 0 Å². The van der Waals surface area contributed by atoms with Crippen LogP contribution in [-0.2, 0) is 6.42 Å². The van der Waals surface area contributed by atoms with Crippen molar-refractivity contribution in [2.75, 3.05) is 16.8 Å². The van der Waals surface area contributed by atoms with Gasteiger partial charge in [0.2, 0.25) is 0 Å². The Labute approximate surface area is 94.1 Å². The minimum atomic E-state index is -0.496. The van der Waals surface area contributed by atoms with E-state index in [4.69, 9.17) is 0 Å². The standard InChI is InChI=1S/C12H15NOS/c14-12(5-6-15-8-12)11-7-9-3-1-2-4-10(9)13-11/h1-4,11,13-14H,5-8H2. The average molecular weight is 221 g/mol. The summed E-state index contributed by atoms with van der Waals surface area (Å²) in [4.78, 5) is 0. The van der Waals surface area contributed by atoms with Gasteiger partial charge in [-0.05, 0) is 30.2 Å². The van der Waals surface area contributed by atoms with Gasteiger partial charge in [0.25, 0.3) is 0 Å². The molecular weight excluding hydrogens is 206 g/mol. The number of anilines is 1. The lowest BCUT2D eigenvalue weighted by Crippen LogP contribution is -2.46. The molecule has 3 heteroatoms. The van der Waals surface area contributed by atoms with Crippen molar-refractivity contribution in [2.45, 2.75) is 24.5 Å². The molecule has 2 unspecified atom stereocenters. The number of hydrogen-bond acceptors (Lipinski definition) is 3. The molecule has 2 atom stereocenters. The number of hydrogen-bond donors (Lipinski definition) is 2. The predicted octanol–water partition coefficient (Wildman–Crippen LogP) is 1.89. The molecule has 1 fully saturated rings. The summed E-state index contributed by atoms with van der Waals surface area (Å²) in [5, 5.41) is 13.9. The van der Waals surface area contributed by atoms with Gasteiger partial charge >= 0.3 is 0 Å². The fourth-order valence-electron chi connectivity index (χ4n) is 2.47. The molecular formula is C12H15NOS. The second-order valence-corrected chi connectivity index (χ2v) is 5.57. The van der Waals surface area contributed by atoms with E-state index in [9.17, 15) is 5.11 Å². The second-order valence-electron chi connectivity index (χ2n) is 4.46. The molecule has 0 aliphatic carbocycles. The average Bonchev–Trinajstić information content (AvgIpc) is 2.84. The Morgan fingerprint density at radius 3 is 3.00 bits per heavy atom. The summed E-state index contributed by atoms with van der Waals surface area (Å²) >= 11 is 1.86. The van der Waals surface area contributed by atoms with Crippen LogP contribution in [0.5, 0.6) is 0 Å². The van der Waals surface area contributed by atoms with Crippen LogP contribution in [0.2, 0.25) is 0 Å². The number of nitrogens with one attached hydrogen (secondary N) is 1. The van der Waals surface area contributed by atoms with Crippen LogP contribution in [-0.4, -0.2) is 28.3 Å². The predicted molar refractivity (Wildman–Crippen MR) is 64.4 cm³/mol. The van der Waals surface area contributed by atoms with E-state index >= 15 is 0 Å². The largest absolute Gasteiger partial charge is 0.387 e. The Kier molecular flexibility index (Phi) is 2.18. The maximum atomic E-state index is 10.5. The highest BCUT2D eigenvalue weighted by Gasteiger charge is 2.42. The Bertz CT molecular complexity index is 349. The van der Waals surface area contributed by atoms with Crippen molar-refractivity contribution in [2.24, 2.45) is 0 Å². The number of rotatable bonds is 1. The van der Waals surface area contributed by atoms with Crippen molar-refractivity contribution in [3.8, 4) is 0 Å². The van der Waals surface area contributed by atoms with Crippen LogP contribution in [0.1, 0.15) is 12.0 Å². The monoisotopic (exact) mass is 221 g/mol. The van der Waals surface area contributed by atoms with Crippen molar-refractivity contribution in [3.63, 3.8) is 0 Å². The van der Waals surface area contributed by atoms with E-state index in [1.54, 1.807) is 0 Å². The van der Waals surface area contributed by atoms with E-state index in [0.29, 0.717) is 0 Å². The van der Waals surface area contributed by atoms with E-state index in [-0.39, 0.29) is 6.04 Å². The van der Waals surface area contributed by atoms with Crippen LogP contribution >= 0.6 is 11.8 Å². The maximum Gasteiger partial charge on any atom is 0.0948 e. The first-order valence-electron chi connectivity index (χ1n) is 5.42. The van der Waals surface area contributed by atoms with Gasteiger partial charge < -0.3 is 10.4 Å². The zero-order valence-corrected chi connectivity index (χ0v) is 9.39. The number of thioether (sulfide) groups is 1. The molecule has 2 nitrogen and oxygen atoms in total. The fourth-order valence-corrected chi connectivity index (χ4v) is 3.81. The van der Waals surface area contributed by atoms with Crippen LogP contribution in [0.4, 0.5) is 5.69 Å². The molecule has 15 heavy (non-hydrogen) atoms. The van der Waals surface area contributed by atoms with Crippen molar-refractivity contribution < 1.29 is 5.11 Å². The van der Waals surface area contributed by atoms with Crippen LogP contribution in [0.3, 0.4) is 0 Å². The van der Waals surface area contributed by atoms with E-state index in [1.807, 2.05) is 17.8 Å². The number of benzene rings is 1. The third-order valence-corrected chi connectivity index (χ3v) is 4.65. The van der Waals surface area contributed by atoms with Gasteiger partial charge in [-0.15, -0.1) is 0 Å². The van der Waals surface area contributed by atoms with Gasteiger partial charge in [0.15, 0.2) is 0 Å². The van der Waals surface area contributed by atoms with E-state index in [1.165, 1.54) is 11.3 Å². The molecule has 0 radical (unpaired) electrons. The molecule has 2 heterocycles. The van der Waals surface area contributed by atoms with Gasteiger partial charge in [-0.1, -0.05) is 18.2 Å². The van der Waals surface area contributed by atoms with Crippen molar-refractivity contribution in [1.29, 1.82) is 0 Å². The first-order valence-corrected chi connectivity index (χ1v) is 6.58. The smallest absolute Gasteiger partial charge is 0.0948 e. The topological polar surface area (TPSA) is 32.3 Å².